The molecule has 0 saturated heterocycles. The van der Waals surface area contributed by atoms with Gasteiger partial charge >= 0.3 is 0 Å². The van der Waals surface area contributed by atoms with Gasteiger partial charge in [0.05, 0.1) is 17.4 Å². The molecule has 18 heavy (non-hydrogen) atoms. The summed E-state index contributed by atoms with van der Waals surface area (Å²) in [6, 6.07) is 8.98. The standard InChI is InChI=1S/C16H18N2/c1-4-12-9-10-15-16(11-12)18(3)14-8-6-5-7-13(14)17(15)2/h4-10,16H,1,11H2,2-3H3. The Hall–Kier alpha value is -1.96. The van der Waals surface area contributed by atoms with E-state index in [9.17, 15) is 0 Å². The van der Waals surface area contributed by atoms with Crippen molar-refractivity contribution in [3.05, 3.63) is 60.3 Å². The van der Waals surface area contributed by atoms with Crippen LogP contribution in [0.1, 0.15) is 6.42 Å². The molecule has 1 aliphatic carbocycles. The minimum atomic E-state index is 0.419. The van der Waals surface area contributed by atoms with Crippen LogP contribution < -0.4 is 9.80 Å². The summed E-state index contributed by atoms with van der Waals surface area (Å²) in [4.78, 5) is 4.67. The number of fused-ring (bicyclic) bond motifs is 2. The molecule has 0 aromatic heterocycles. The van der Waals surface area contributed by atoms with Crippen molar-refractivity contribution in [3.8, 4) is 0 Å². The van der Waals surface area contributed by atoms with E-state index in [0.29, 0.717) is 6.04 Å². The van der Waals surface area contributed by atoms with Crippen molar-refractivity contribution < 1.29 is 0 Å². The monoisotopic (exact) mass is 238 g/mol. The molecule has 1 heterocycles. The van der Waals surface area contributed by atoms with E-state index in [4.69, 9.17) is 0 Å². The molecule has 1 atom stereocenters. The molecule has 2 heteroatoms. The Bertz CT molecular complexity index is 554. The molecule has 2 aliphatic rings. The zero-order valence-corrected chi connectivity index (χ0v) is 10.9. The predicted octanol–water partition coefficient (Wildman–Crippen LogP) is 3.34. The third kappa shape index (κ3) is 1.49. The van der Waals surface area contributed by atoms with Crippen molar-refractivity contribution in [2.45, 2.75) is 12.5 Å². The molecule has 1 aromatic carbocycles. The van der Waals surface area contributed by atoms with E-state index in [0.717, 1.165) is 6.42 Å². The molecule has 0 N–H and O–H groups in total. The lowest BCUT2D eigenvalue weighted by Gasteiger charge is -2.44. The van der Waals surface area contributed by atoms with E-state index < -0.39 is 0 Å². The van der Waals surface area contributed by atoms with Crippen LogP contribution in [-0.4, -0.2) is 20.1 Å². The van der Waals surface area contributed by atoms with Crippen LogP contribution in [0.3, 0.4) is 0 Å². The van der Waals surface area contributed by atoms with Gasteiger partial charge in [-0.3, -0.25) is 0 Å². The van der Waals surface area contributed by atoms with Gasteiger partial charge in [-0.05, 0) is 30.2 Å². The SMILES string of the molecule is C=CC1=CC=C2C(C1)N(C)c1ccccc1N2C. The highest BCUT2D eigenvalue weighted by Gasteiger charge is 2.32. The van der Waals surface area contributed by atoms with E-state index in [1.807, 2.05) is 6.08 Å². The van der Waals surface area contributed by atoms with Gasteiger partial charge in [-0.2, -0.15) is 0 Å². The normalized spacial score (nSPS) is 21.8. The zero-order chi connectivity index (χ0) is 12.7. The van der Waals surface area contributed by atoms with Gasteiger partial charge in [0.1, 0.15) is 0 Å². The highest BCUT2D eigenvalue weighted by Crippen LogP contribution is 2.41. The van der Waals surface area contributed by atoms with Gasteiger partial charge in [0.2, 0.25) is 0 Å². The summed E-state index contributed by atoms with van der Waals surface area (Å²) in [6.07, 6.45) is 7.39. The van der Waals surface area contributed by atoms with Gasteiger partial charge in [0.15, 0.2) is 0 Å². The number of nitrogens with zero attached hydrogens (tertiary/aromatic N) is 2. The number of benzene rings is 1. The van der Waals surface area contributed by atoms with E-state index in [2.05, 4.69) is 66.9 Å². The molecular formula is C16H18N2. The molecule has 2 nitrogen and oxygen atoms in total. The lowest BCUT2D eigenvalue weighted by atomic mass is 9.92. The number of allylic oxidation sites excluding steroid dienone is 3. The maximum atomic E-state index is 3.88. The number of para-hydroxylation sites is 2. The second kappa shape index (κ2) is 4.05. The number of rotatable bonds is 1. The minimum Gasteiger partial charge on any atom is -0.364 e. The largest absolute Gasteiger partial charge is 0.364 e. The zero-order valence-electron chi connectivity index (χ0n) is 10.9. The summed E-state index contributed by atoms with van der Waals surface area (Å²) in [5, 5.41) is 0. The Balaban J connectivity index is 2.11. The second-order valence-corrected chi connectivity index (χ2v) is 4.92. The van der Waals surface area contributed by atoms with E-state index in [1.54, 1.807) is 0 Å². The van der Waals surface area contributed by atoms with Crippen molar-refractivity contribution in [2.75, 3.05) is 23.9 Å². The topological polar surface area (TPSA) is 6.48 Å². The first kappa shape index (κ1) is 11.1. The highest BCUT2D eigenvalue weighted by molar-refractivity contribution is 5.78. The van der Waals surface area contributed by atoms with Crippen LogP contribution in [0.15, 0.2) is 60.3 Å². The molecule has 3 rings (SSSR count). The summed E-state index contributed by atoms with van der Waals surface area (Å²) in [5.74, 6) is 0. The first-order valence-corrected chi connectivity index (χ1v) is 6.31. The van der Waals surface area contributed by atoms with Gasteiger partial charge in [-0.15, -0.1) is 0 Å². The molecule has 1 aromatic rings. The van der Waals surface area contributed by atoms with E-state index in [1.165, 1.54) is 22.6 Å². The molecule has 0 bridgehead atoms. The average Bonchev–Trinajstić information content (AvgIpc) is 2.44. The first-order valence-electron chi connectivity index (χ1n) is 6.31. The molecule has 1 unspecified atom stereocenters. The number of likely N-dealkylation sites (N-methyl/N-ethyl adjacent to an activating group) is 2. The van der Waals surface area contributed by atoms with Crippen LogP contribution >= 0.6 is 0 Å². The molecule has 0 radical (unpaired) electrons. The van der Waals surface area contributed by atoms with Crippen molar-refractivity contribution in [1.82, 2.24) is 0 Å². The molecule has 1 aliphatic heterocycles. The number of hydrogen-bond acceptors (Lipinski definition) is 2. The summed E-state index contributed by atoms with van der Waals surface area (Å²) in [5.41, 5.74) is 5.25. The van der Waals surface area contributed by atoms with Crippen LogP contribution in [0.25, 0.3) is 0 Å². The Kier molecular flexibility index (Phi) is 2.51. The molecule has 92 valence electrons. The summed E-state index contributed by atoms with van der Waals surface area (Å²) < 4.78 is 0. The van der Waals surface area contributed by atoms with Crippen LogP contribution in [-0.2, 0) is 0 Å². The Morgan fingerprint density at radius 2 is 1.89 bits per heavy atom. The summed E-state index contributed by atoms with van der Waals surface area (Å²) in [6.45, 7) is 3.88. The van der Waals surface area contributed by atoms with Gasteiger partial charge in [0.25, 0.3) is 0 Å². The third-order valence-electron chi connectivity index (χ3n) is 3.98. The first-order chi connectivity index (χ1) is 8.72. The fraction of sp³-hybridized carbons (Fsp3) is 0.250. The lowest BCUT2D eigenvalue weighted by molar-refractivity contribution is 0.662. The van der Waals surface area contributed by atoms with Crippen molar-refractivity contribution >= 4 is 11.4 Å². The van der Waals surface area contributed by atoms with Crippen LogP contribution in [0, 0.1) is 0 Å². The number of anilines is 2. The number of hydrogen-bond donors (Lipinski definition) is 0. The molecule has 0 fully saturated rings. The van der Waals surface area contributed by atoms with E-state index in [-0.39, 0.29) is 0 Å². The van der Waals surface area contributed by atoms with Crippen molar-refractivity contribution in [1.29, 1.82) is 0 Å². The van der Waals surface area contributed by atoms with Gasteiger partial charge in [-0.25, -0.2) is 0 Å². The van der Waals surface area contributed by atoms with Gasteiger partial charge < -0.3 is 9.80 Å². The highest BCUT2D eigenvalue weighted by atomic mass is 15.3. The van der Waals surface area contributed by atoms with Crippen LogP contribution in [0.4, 0.5) is 11.4 Å². The Morgan fingerprint density at radius 1 is 1.17 bits per heavy atom. The maximum absolute atomic E-state index is 3.88. The quantitative estimate of drug-likeness (QED) is 0.740. The van der Waals surface area contributed by atoms with E-state index >= 15 is 0 Å². The fourth-order valence-electron chi connectivity index (χ4n) is 2.87. The minimum absolute atomic E-state index is 0.419. The predicted molar refractivity (Wildman–Crippen MR) is 78.0 cm³/mol. The Labute approximate surface area is 109 Å². The average molecular weight is 238 g/mol. The lowest BCUT2D eigenvalue weighted by Crippen LogP contribution is -2.44. The van der Waals surface area contributed by atoms with Crippen molar-refractivity contribution in [2.24, 2.45) is 0 Å². The van der Waals surface area contributed by atoms with Crippen LogP contribution in [0.5, 0.6) is 0 Å². The summed E-state index contributed by atoms with van der Waals surface area (Å²) >= 11 is 0. The van der Waals surface area contributed by atoms with Crippen molar-refractivity contribution in [3.63, 3.8) is 0 Å². The molecular weight excluding hydrogens is 220 g/mol. The maximum Gasteiger partial charge on any atom is 0.0731 e. The molecule has 0 saturated carbocycles. The fourth-order valence-corrected chi connectivity index (χ4v) is 2.87. The molecule has 0 amide bonds. The third-order valence-corrected chi connectivity index (χ3v) is 3.98. The second-order valence-electron chi connectivity index (χ2n) is 4.92. The van der Waals surface area contributed by atoms with Gasteiger partial charge in [0, 0.05) is 19.8 Å². The van der Waals surface area contributed by atoms with Gasteiger partial charge in [-0.1, -0.05) is 30.9 Å². The Morgan fingerprint density at radius 3 is 2.61 bits per heavy atom. The van der Waals surface area contributed by atoms with Crippen LogP contribution in [0.2, 0.25) is 0 Å². The smallest absolute Gasteiger partial charge is 0.0731 e. The molecule has 0 spiro atoms. The summed E-state index contributed by atoms with van der Waals surface area (Å²) in [7, 11) is 4.33.